The Balaban J connectivity index is 1.49. The van der Waals surface area contributed by atoms with Gasteiger partial charge in [-0.1, -0.05) is 60.1 Å². The van der Waals surface area contributed by atoms with E-state index < -0.39 is 4.92 Å². The monoisotopic (exact) mass is 467 g/mol. The summed E-state index contributed by atoms with van der Waals surface area (Å²) in [6, 6.07) is 22.2. The van der Waals surface area contributed by atoms with Crippen LogP contribution in [0.1, 0.15) is 17.2 Å². The minimum atomic E-state index is -0.432. The van der Waals surface area contributed by atoms with Crippen molar-refractivity contribution in [3.05, 3.63) is 99.1 Å². The highest BCUT2D eigenvalue weighted by Crippen LogP contribution is 2.35. The van der Waals surface area contributed by atoms with E-state index in [1.165, 1.54) is 5.56 Å². The van der Waals surface area contributed by atoms with Crippen molar-refractivity contribution < 1.29 is 14.4 Å². The van der Waals surface area contributed by atoms with Crippen LogP contribution in [0, 0.1) is 10.1 Å². The van der Waals surface area contributed by atoms with Gasteiger partial charge in [0.05, 0.1) is 23.2 Å². The summed E-state index contributed by atoms with van der Waals surface area (Å²) in [5.74, 6) is 0.535. The van der Waals surface area contributed by atoms with Gasteiger partial charge in [-0.2, -0.15) is 0 Å². The lowest BCUT2D eigenvalue weighted by atomic mass is 10.1. The first-order chi connectivity index (χ1) is 16.1. The molecule has 0 aromatic heterocycles. The quantitative estimate of drug-likeness (QED) is 0.344. The van der Waals surface area contributed by atoms with Crippen LogP contribution in [0.2, 0.25) is 5.02 Å². The fourth-order valence-corrected chi connectivity index (χ4v) is 3.98. The molecule has 0 saturated carbocycles. The van der Waals surface area contributed by atoms with Gasteiger partial charge in [0.15, 0.2) is 0 Å². The van der Waals surface area contributed by atoms with Gasteiger partial charge in [0.25, 0.3) is 0 Å². The van der Waals surface area contributed by atoms with Gasteiger partial charge in [0.2, 0.25) is 5.75 Å². The van der Waals surface area contributed by atoms with Gasteiger partial charge >= 0.3 is 5.69 Å². The molecule has 8 heteroatoms. The van der Waals surface area contributed by atoms with Gasteiger partial charge in [0.1, 0.15) is 5.75 Å². The molecule has 1 aliphatic rings. The summed E-state index contributed by atoms with van der Waals surface area (Å²) < 4.78 is 11.2. The molecular weight excluding hydrogens is 442 g/mol. The zero-order valence-electron chi connectivity index (χ0n) is 18.2. The Bertz CT molecular complexity index is 1070. The van der Waals surface area contributed by atoms with Crippen LogP contribution in [0.5, 0.6) is 11.5 Å². The van der Waals surface area contributed by atoms with Crippen LogP contribution < -0.4 is 10.1 Å². The Hall–Kier alpha value is -2.97. The van der Waals surface area contributed by atoms with E-state index in [1.807, 2.05) is 24.3 Å². The standard InChI is InChI=1S/C25H26ClN3O4/c26-21-8-4-5-9-24(21)33-25-11-10-19(16-23(25)29(30)31)17-27-22(20-6-2-1-3-7-20)18-28-12-14-32-15-13-28/h1-11,16,22,27H,12-15,17-18H2. The van der Waals surface area contributed by atoms with E-state index in [9.17, 15) is 10.1 Å². The summed E-state index contributed by atoms with van der Waals surface area (Å²) in [5, 5.41) is 15.7. The third kappa shape index (κ3) is 6.30. The molecule has 1 atom stereocenters. The van der Waals surface area contributed by atoms with E-state index >= 15 is 0 Å². The van der Waals surface area contributed by atoms with Crippen LogP contribution in [0.3, 0.4) is 0 Å². The number of para-hydroxylation sites is 1. The third-order valence-electron chi connectivity index (χ3n) is 5.58. The van der Waals surface area contributed by atoms with Crippen molar-refractivity contribution in [1.82, 2.24) is 10.2 Å². The molecule has 0 bridgehead atoms. The molecule has 1 fully saturated rings. The largest absolute Gasteiger partial charge is 0.449 e. The lowest BCUT2D eigenvalue weighted by Crippen LogP contribution is -2.41. The maximum Gasteiger partial charge on any atom is 0.311 e. The normalized spacial score (nSPS) is 15.2. The molecule has 1 N–H and O–H groups in total. The van der Waals surface area contributed by atoms with Crippen LogP contribution >= 0.6 is 11.6 Å². The summed E-state index contributed by atoms with van der Waals surface area (Å²) in [6.45, 7) is 4.58. The lowest BCUT2D eigenvalue weighted by molar-refractivity contribution is -0.385. The first kappa shape index (κ1) is 23.2. The second kappa shape index (κ2) is 11.2. The van der Waals surface area contributed by atoms with Gasteiger partial charge in [-0.15, -0.1) is 0 Å². The van der Waals surface area contributed by atoms with Crippen LogP contribution in [0.4, 0.5) is 5.69 Å². The Morgan fingerprint density at radius 2 is 1.76 bits per heavy atom. The topological polar surface area (TPSA) is 76.9 Å². The minimum absolute atomic E-state index is 0.0856. The van der Waals surface area contributed by atoms with Crippen LogP contribution in [0.25, 0.3) is 0 Å². The summed E-state index contributed by atoms with van der Waals surface area (Å²) in [5.41, 5.74) is 1.88. The molecule has 0 spiro atoms. The minimum Gasteiger partial charge on any atom is -0.449 e. The predicted octanol–water partition coefficient (Wildman–Crippen LogP) is 5.20. The van der Waals surface area contributed by atoms with E-state index in [2.05, 4.69) is 22.3 Å². The van der Waals surface area contributed by atoms with Crippen molar-refractivity contribution >= 4 is 17.3 Å². The van der Waals surface area contributed by atoms with Crippen LogP contribution in [0.15, 0.2) is 72.8 Å². The maximum atomic E-state index is 11.7. The van der Waals surface area contributed by atoms with Crippen molar-refractivity contribution in [1.29, 1.82) is 0 Å². The molecule has 7 nitrogen and oxygen atoms in total. The molecule has 4 rings (SSSR count). The van der Waals surface area contributed by atoms with Gasteiger partial charge in [0, 0.05) is 38.3 Å². The zero-order valence-corrected chi connectivity index (χ0v) is 18.9. The highest BCUT2D eigenvalue weighted by molar-refractivity contribution is 6.32. The van der Waals surface area contributed by atoms with Crippen molar-refractivity contribution in [2.45, 2.75) is 12.6 Å². The molecule has 3 aromatic carbocycles. The second-order valence-electron chi connectivity index (χ2n) is 7.85. The first-order valence-corrected chi connectivity index (χ1v) is 11.3. The maximum absolute atomic E-state index is 11.7. The Labute approximate surface area is 198 Å². The number of nitro benzene ring substituents is 1. The highest BCUT2D eigenvalue weighted by Gasteiger charge is 2.20. The van der Waals surface area contributed by atoms with Crippen molar-refractivity contribution in [2.75, 3.05) is 32.8 Å². The predicted molar refractivity (Wildman–Crippen MR) is 128 cm³/mol. The van der Waals surface area contributed by atoms with Crippen LogP contribution in [-0.2, 0) is 11.3 Å². The fraction of sp³-hybridized carbons (Fsp3) is 0.280. The number of nitrogens with zero attached hydrogens (tertiary/aromatic N) is 2. The van der Waals surface area contributed by atoms with Gasteiger partial charge in [-0.3, -0.25) is 15.0 Å². The number of benzene rings is 3. The fourth-order valence-electron chi connectivity index (χ4n) is 3.80. The number of hydrogen-bond acceptors (Lipinski definition) is 6. The SMILES string of the molecule is O=[N+]([O-])c1cc(CNC(CN2CCOCC2)c2ccccc2)ccc1Oc1ccccc1Cl. The molecular formula is C25H26ClN3O4. The molecule has 1 saturated heterocycles. The van der Waals surface area contributed by atoms with E-state index in [-0.39, 0.29) is 17.5 Å². The highest BCUT2D eigenvalue weighted by atomic mass is 35.5. The summed E-state index contributed by atoms with van der Waals surface area (Å²) >= 11 is 6.14. The van der Waals surface area contributed by atoms with E-state index in [1.54, 1.807) is 36.4 Å². The third-order valence-corrected chi connectivity index (χ3v) is 5.89. The Morgan fingerprint density at radius 1 is 1.03 bits per heavy atom. The molecule has 0 amide bonds. The number of morpholine rings is 1. The Kier molecular flexibility index (Phi) is 7.91. The molecule has 1 aliphatic heterocycles. The number of ether oxygens (including phenoxy) is 2. The van der Waals surface area contributed by atoms with Gasteiger partial charge in [-0.25, -0.2) is 0 Å². The van der Waals surface area contributed by atoms with Gasteiger partial charge < -0.3 is 14.8 Å². The number of nitrogens with one attached hydrogen (secondary N) is 1. The number of halogens is 1. The molecule has 33 heavy (non-hydrogen) atoms. The summed E-state index contributed by atoms with van der Waals surface area (Å²) in [4.78, 5) is 13.7. The molecule has 1 unspecified atom stereocenters. The molecule has 3 aromatic rings. The number of nitro groups is 1. The van der Waals surface area contributed by atoms with E-state index in [4.69, 9.17) is 21.1 Å². The van der Waals surface area contributed by atoms with E-state index in [0.29, 0.717) is 17.3 Å². The molecule has 172 valence electrons. The van der Waals surface area contributed by atoms with Crippen molar-refractivity contribution in [2.24, 2.45) is 0 Å². The molecule has 0 aliphatic carbocycles. The number of rotatable bonds is 9. The molecule has 0 radical (unpaired) electrons. The summed E-state index contributed by atoms with van der Waals surface area (Å²) in [7, 11) is 0. The van der Waals surface area contributed by atoms with Gasteiger partial charge in [-0.05, 0) is 29.3 Å². The number of hydrogen-bond donors (Lipinski definition) is 1. The van der Waals surface area contributed by atoms with Crippen molar-refractivity contribution in [3.8, 4) is 11.5 Å². The Morgan fingerprint density at radius 3 is 2.48 bits per heavy atom. The average molecular weight is 468 g/mol. The van der Waals surface area contributed by atoms with E-state index in [0.717, 1.165) is 38.4 Å². The van der Waals surface area contributed by atoms with Crippen LogP contribution in [-0.4, -0.2) is 42.7 Å². The zero-order chi connectivity index (χ0) is 23.0. The van der Waals surface area contributed by atoms with Crippen molar-refractivity contribution in [3.63, 3.8) is 0 Å². The first-order valence-electron chi connectivity index (χ1n) is 10.9. The molecule has 1 heterocycles. The summed E-state index contributed by atoms with van der Waals surface area (Å²) in [6.07, 6.45) is 0. The smallest absolute Gasteiger partial charge is 0.311 e. The lowest BCUT2D eigenvalue weighted by Gasteiger charge is -2.31. The average Bonchev–Trinajstić information content (AvgIpc) is 2.85. The second-order valence-corrected chi connectivity index (χ2v) is 8.26.